The van der Waals surface area contributed by atoms with Crippen LogP contribution in [0, 0.1) is 20.8 Å². The molecule has 2 aromatic carbocycles. The zero-order valence-corrected chi connectivity index (χ0v) is 15.8. The van der Waals surface area contributed by atoms with Crippen LogP contribution in [-0.2, 0) is 0 Å². The number of nitrogens with zero attached hydrogens (tertiary/aromatic N) is 2. The zero-order chi connectivity index (χ0) is 19.1. The van der Waals surface area contributed by atoms with Crippen LogP contribution < -0.4 is 4.74 Å². The minimum Gasteiger partial charge on any atom is -0.507 e. The molecule has 0 aliphatic rings. The van der Waals surface area contributed by atoms with Crippen LogP contribution in [0.15, 0.2) is 42.5 Å². The highest BCUT2D eigenvalue weighted by atomic mass is 16.5. The molecule has 136 valence electrons. The van der Waals surface area contributed by atoms with Crippen molar-refractivity contribution in [1.29, 1.82) is 0 Å². The molecule has 5 heteroatoms. The molecule has 5 nitrogen and oxygen atoms in total. The Bertz CT molecular complexity index is 1140. The average molecular weight is 359 g/mol. The van der Waals surface area contributed by atoms with Gasteiger partial charge in [-0.05, 0) is 61.7 Å². The van der Waals surface area contributed by atoms with Gasteiger partial charge in [0.15, 0.2) is 0 Å². The van der Waals surface area contributed by atoms with Gasteiger partial charge in [0.1, 0.15) is 5.75 Å². The Morgan fingerprint density at radius 3 is 2.33 bits per heavy atom. The molecule has 4 rings (SSSR count). The van der Waals surface area contributed by atoms with E-state index < -0.39 is 0 Å². The summed E-state index contributed by atoms with van der Waals surface area (Å²) in [6.45, 7) is 5.85. The number of methoxy groups -OCH3 is 1. The average Bonchev–Trinajstić information content (AvgIpc) is 3.02. The molecule has 0 fully saturated rings. The maximum atomic E-state index is 10.0. The smallest absolute Gasteiger partial charge is 0.242 e. The summed E-state index contributed by atoms with van der Waals surface area (Å²) in [6.07, 6.45) is 0. The molecular formula is C22H21N3O2. The van der Waals surface area contributed by atoms with E-state index in [0.717, 1.165) is 44.7 Å². The van der Waals surface area contributed by atoms with Crippen molar-refractivity contribution in [2.45, 2.75) is 20.8 Å². The summed E-state index contributed by atoms with van der Waals surface area (Å²) in [5.74, 6) is 0.785. The van der Waals surface area contributed by atoms with Gasteiger partial charge in [0.05, 0.1) is 24.1 Å². The lowest BCUT2D eigenvalue weighted by Crippen LogP contribution is -1.98. The molecule has 0 saturated carbocycles. The molecule has 2 N–H and O–H groups in total. The van der Waals surface area contributed by atoms with Crippen molar-refractivity contribution >= 4 is 10.9 Å². The van der Waals surface area contributed by atoms with E-state index in [1.54, 1.807) is 7.11 Å². The SMILES string of the molecule is COc1nnc(-c2cc(C)c(O)c(C)c2)cc1-c1[nH]c2ccccc2c1C. The van der Waals surface area contributed by atoms with E-state index in [4.69, 9.17) is 4.74 Å². The van der Waals surface area contributed by atoms with E-state index in [-0.39, 0.29) is 0 Å². The molecule has 0 saturated heterocycles. The molecule has 4 aromatic rings. The molecule has 0 atom stereocenters. The molecule has 0 radical (unpaired) electrons. The van der Waals surface area contributed by atoms with Gasteiger partial charge in [0.2, 0.25) is 5.88 Å². The molecule has 0 spiro atoms. The van der Waals surface area contributed by atoms with Crippen LogP contribution in [0.2, 0.25) is 0 Å². The van der Waals surface area contributed by atoms with Crippen molar-refractivity contribution in [2.24, 2.45) is 0 Å². The van der Waals surface area contributed by atoms with E-state index >= 15 is 0 Å². The largest absolute Gasteiger partial charge is 0.507 e. The van der Waals surface area contributed by atoms with Gasteiger partial charge in [0, 0.05) is 16.5 Å². The van der Waals surface area contributed by atoms with Crippen LogP contribution in [0.4, 0.5) is 0 Å². The first-order valence-electron chi connectivity index (χ1n) is 8.79. The van der Waals surface area contributed by atoms with Crippen molar-refractivity contribution in [1.82, 2.24) is 15.2 Å². The summed E-state index contributed by atoms with van der Waals surface area (Å²) in [6, 6.07) is 14.0. The van der Waals surface area contributed by atoms with E-state index in [0.29, 0.717) is 11.6 Å². The Hall–Kier alpha value is -3.34. The highest BCUT2D eigenvalue weighted by Crippen LogP contribution is 2.36. The predicted molar refractivity (Wildman–Crippen MR) is 107 cm³/mol. The molecule has 0 unspecified atom stereocenters. The number of rotatable bonds is 3. The minimum atomic E-state index is 0.312. The van der Waals surface area contributed by atoms with E-state index in [1.807, 2.05) is 44.2 Å². The monoisotopic (exact) mass is 359 g/mol. The summed E-state index contributed by atoms with van der Waals surface area (Å²) in [7, 11) is 1.60. The van der Waals surface area contributed by atoms with Crippen LogP contribution in [0.5, 0.6) is 11.6 Å². The van der Waals surface area contributed by atoms with Gasteiger partial charge in [-0.1, -0.05) is 18.2 Å². The number of nitrogens with one attached hydrogen (secondary N) is 1. The number of hydrogen-bond donors (Lipinski definition) is 2. The standard InChI is InChI=1S/C22H21N3O2/c1-12-9-15(10-13(2)21(12)26)19-11-17(22(27-4)25-24-19)20-14(3)16-7-5-6-8-18(16)23-20/h5-11,23,26H,1-4H3. The molecule has 0 bridgehead atoms. The zero-order valence-electron chi connectivity index (χ0n) is 15.8. The van der Waals surface area contributed by atoms with Crippen molar-refractivity contribution in [3.8, 4) is 34.1 Å². The van der Waals surface area contributed by atoms with E-state index in [2.05, 4.69) is 34.2 Å². The molecule has 2 heterocycles. The Labute approximate surface area is 157 Å². The minimum absolute atomic E-state index is 0.312. The molecular weight excluding hydrogens is 338 g/mol. The predicted octanol–water partition coefficient (Wildman–Crippen LogP) is 4.93. The number of phenols is 1. The molecule has 0 amide bonds. The summed E-state index contributed by atoms with van der Waals surface area (Å²) >= 11 is 0. The Morgan fingerprint density at radius 2 is 1.67 bits per heavy atom. The van der Waals surface area contributed by atoms with Crippen molar-refractivity contribution < 1.29 is 9.84 Å². The highest BCUT2D eigenvalue weighted by Gasteiger charge is 2.17. The number of aromatic amines is 1. The number of aromatic hydroxyl groups is 1. The highest BCUT2D eigenvalue weighted by molar-refractivity contribution is 5.91. The van der Waals surface area contributed by atoms with Crippen LogP contribution in [0.1, 0.15) is 16.7 Å². The number of ether oxygens (including phenoxy) is 1. The summed E-state index contributed by atoms with van der Waals surface area (Å²) in [4.78, 5) is 3.48. The number of aromatic nitrogens is 3. The molecule has 0 aliphatic heterocycles. The third-order valence-electron chi connectivity index (χ3n) is 4.98. The Morgan fingerprint density at radius 1 is 0.963 bits per heavy atom. The van der Waals surface area contributed by atoms with Crippen LogP contribution in [0.3, 0.4) is 0 Å². The maximum absolute atomic E-state index is 10.0. The van der Waals surface area contributed by atoms with Crippen LogP contribution in [-0.4, -0.2) is 27.4 Å². The van der Waals surface area contributed by atoms with Gasteiger partial charge in [-0.15, -0.1) is 10.2 Å². The van der Waals surface area contributed by atoms with Crippen molar-refractivity contribution in [3.63, 3.8) is 0 Å². The van der Waals surface area contributed by atoms with E-state index in [1.165, 1.54) is 5.39 Å². The van der Waals surface area contributed by atoms with Crippen LogP contribution >= 0.6 is 0 Å². The van der Waals surface area contributed by atoms with Gasteiger partial charge in [-0.25, -0.2) is 0 Å². The quantitative estimate of drug-likeness (QED) is 0.544. The van der Waals surface area contributed by atoms with Gasteiger partial charge in [-0.2, -0.15) is 0 Å². The van der Waals surface area contributed by atoms with Gasteiger partial charge in [0.25, 0.3) is 0 Å². The lowest BCUT2D eigenvalue weighted by atomic mass is 10.0. The van der Waals surface area contributed by atoms with Gasteiger partial charge >= 0.3 is 0 Å². The summed E-state index contributed by atoms with van der Waals surface area (Å²) in [5, 5.41) is 19.8. The fourth-order valence-electron chi connectivity index (χ4n) is 3.51. The molecule has 27 heavy (non-hydrogen) atoms. The lowest BCUT2D eigenvalue weighted by molar-refractivity contribution is 0.394. The number of H-pyrrole nitrogens is 1. The summed E-state index contributed by atoms with van der Waals surface area (Å²) in [5.41, 5.74) is 7.30. The lowest BCUT2D eigenvalue weighted by Gasteiger charge is -2.11. The van der Waals surface area contributed by atoms with Crippen molar-refractivity contribution in [3.05, 3.63) is 59.2 Å². The first-order chi connectivity index (χ1) is 13.0. The third kappa shape index (κ3) is 2.81. The third-order valence-corrected chi connectivity index (χ3v) is 4.98. The first-order valence-corrected chi connectivity index (χ1v) is 8.79. The second kappa shape index (κ2) is 6.43. The number of phenolic OH excluding ortho intramolecular Hbond substituents is 1. The Balaban J connectivity index is 1.93. The number of aryl methyl sites for hydroxylation is 3. The second-order valence-corrected chi connectivity index (χ2v) is 6.78. The van der Waals surface area contributed by atoms with Gasteiger partial charge < -0.3 is 14.8 Å². The second-order valence-electron chi connectivity index (χ2n) is 6.78. The number of benzene rings is 2. The molecule has 0 aliphatic carbocycles. The van der Waals surface area contributed by atoms with Gasteiger partial charge in [-0.3, -0.25) is 0 Å². The van der Waals surface area contributed by atoms with E-state index in [9.17, 15) is 5.11 Å². The topological polar surface area (TPSA) is 71.0 Å². The van der Waals surface area contributed by atoms with Crippen LogP contribution in [0.25, 0.3) is 33.4 Å². The normalized spacial score (nSPS) is 11.1. The maximum Gasteiger partial charge on any atom is 0.242 e. The first kappa shape index (κ1) is 17.1. The fraction of sp³-hybridized carbons (Fsp3) is 0.182. The fourth-order valence-corrected chi connectivity index (χ4v) is 3.51. The van der Waals surface area contributed by atoms with Crippen molar-refractivity contribution in [2.75, 3.05) is 7.11 Å². The number of hydrogen-bond acceptors (Lipinski definition) is 4. The number of fused-ring (bicyclic) bond motifs is 1. The number of para-hydroxylation sites is 1. The summed E-state index contributed by atoms with van der Waals surface area (Å²) < 4.78 is 5.47. The Kier molecular flexibility index (Phi) is 4.07. The molecule has 2 aromatic heterocycles.